The Kier molecular flexibility index (Phi) is 7.38. The van der Waals surface area contributed by atoms with Gasteiger partial charge in [-0.15, -0.1) is 0 Å². The van der Waals surface area contributed by atoms with E-state index >= 15 is 0 Å². The van der Waals surface area contributed by atoms with Gasteiger partial charge in [-0.1, -0.05) is 73.4 Å². The lowest BCUT2D eigenvalue weighted by molar-refractivity contribution is -0.118. The van der Waals surface area contributed by atoms with Crippen molar-refractivity contribution in [2.45, 2.75) is 39.2 Å². The number of rotatable bonds is 6. The lowest BCUT2D eigenvalue weighted by Gasteiger charge is -2.32. The summed E-state index contributed by atoms with van der Waals surface area (Å²) in [4.78, 5) is 14.6. The second-order valence-corrected chi connectivity index (χ2v) is 10.7. The smallest absolute Gasteiger partial charge is 0.226 e. The predicted molar refractivity (Wildman–Crippen MR) is 150 cm³/mol. The van der Waals surface area contributed by atoms with E-state index in [2.05, 4.69) is 57.4 Å². The Labute approximate surface area is 222 Å². The van der Waals surface area contributed by atoms with Gasteiger partial charge in [0.1, 0.15) is 0 Å². The fourth-order valence-corrected chi connectivity index (χ4v) is 5.48. The van der Waals surface area contributed by atoms with Crippen molar-refractivity contribution in [2.24, 2.45) is 5.92 Å². The first-order valence-corrected chi connectivity index (χ1v) is 13.3. The number of hydrogen-bond acceptors (Lipinski definition) is 2. The van der Waals surface area contributed by atoms with Crippen LogP contribution in [0.2, 0.25) is 10.0 Å². The number of nitrogens with zero attached hydrogens (tertiary/aromatic N) is 2. The van der Waals surface area contributed by atoms with Crippen LogP contribution in [0.5, 0.6) is 0 Å². The third kappa shape index (κ3) is 5.17. The summed E-state index contributed by atoms with van der Waals surface area (Å²) in [6.07, 6.45) is 4.26. The molecule has 6 heteroatoms. The van der Waals surface area contributed by atoms with Gasteiger partial charge < -0.3 is 9.88 Å². The summed E-state index contributed by atoms with van der Waals surface area (Å²) in [5.74, 6) is 0.527. The lowest BCUT2D eigenvalue weighted by Crippen LogP contribution is -2.32. The summed E-state index contributed by atoms with van der Waals surface area (Å²) in [5.41, 5.74) is 5.56. The largest absolute Gasteiger partial charge is 0.326 e. The number of para-hydroxylation sites is 1. The number of nitrogens with one attached hydrogen (secondary N) is 1. The molecular formula is C30H31Cl2N3O. The number of benzene rings is 3. The van der Waals surface area contributed by atoms with Crippen LogP contribution >= 0.6 is 23.2 Å². The van der Waals surface area contributed by atoms with Crippen molar-refractivity contribution < 1.29 is 4.79 Å². The number of hydrogen-bond donors (Lipinski definition) is 1. The number of halogens is 2. The summed E-state index contributed by atoms with van der Waals surface area (Å²) in [7, 11) is 0. The van der Waals surface area contributed by atoms with E-state index < -0.39 is 0 Å². The summed E-state index contributed by atoms with van der Waals surface area (Å²) in [5, 5.41) is 5.35. The Hall–Kier alpha value is -2.79. The number of carbonyl (C=O) groups is 1. The molecule has 4 aromatic rings. The maximum atomic E-state index is 12.1. The van der Waals surface area contributed by atoms with Gasteiger partial charge in [-0.2, -0.15) is 0 Å². The van der Waals surface area contributed by atoms with Crippen LogP contribution in [0.1, 0.15) is 43.7 Å². The second-order valence-electron chi connectivity index (χ2n) is 9.93. The van der Waals surface area contributed by atoms with Gasteiger partial charge in [-0.05, 0) is 73.3 Å². The van der Waals surface area contributed by atoms with Crippen LogP contribution in [-0.4, -0.2) is 28.5 Å². The molecule has 1 fully saturated rings. The van der Waals surface area contributed by atoms with Crippen molar-refractivity contribution in [3.05, 3.63) is 94.1 Å². The van der Waals surface area contributed by atoms with Gasteiger partial charge in [0.05, 0.1) is 21.2 Å². The molecule has 0 atom stereocenters. The Morgan fingerprint density at radius 1 is 1.00 bits per heavy atom. The predicted octanol–water partition coefficient (Wildman–Crippen LogP) is 7.91. The second kappa shape index (κ2) is 10.7. The maximum absolute atomic E-state index is 12.1. The van der Waals surface area contributed by atoms with Gasteiger partial charge in [0.2, 0.25) is 5.91 Å². The molecule has 1 N–H and O–H groups in total. The molecule has 0 bridgehead atoms. The number of likely N-dealkylation sites (tertiary alicyclic amines) is 1. The average molecular weight is 521 g/mol. The summed E-state index contributed by atoms with van der Waals surface area (Å²) in [6, 6.07) is 22.7. The van der Waals surface area contributed by atoms with Crippen LogP contribution in [0.25, 0.3) is 16.6 Å². The van der Waals surface area contributed by atoms with Crippen LogP contribution in [0.3, 0.4) is 0 Å². The zero-order valence-electron chi connectivity index (χ0n) is 20.7. The first-order valence-electron chi connectivity index (χ1n) is 12.6. The molecule has 1 saturated heterocycles. The highest BCUT2D eigenvalue weighted by Crippen LogP contribution is 2.34. The van der Waals surface area contributed by atoms with Crippen LogP contribution in [0, 0.1) is 5.92 Å². The van der Waals surface area contributed by atoms with Crippen molar-refractivity contribution in [3.8, 4) is 5.69 Å². The number of aromatic nitrogens is 1. The highest BCUT2D eigenvalue weighted by Gasteiger charge is 2.22. The van der Waals surface area contributed by atoms with Crippen LogP contribution < -0.4 is 5.32 Å². The first kappa shape index (κ1) is 24.9. The monoisotopic (exact) mass is 519 g/mol. The van der Waals surface area contributed by atoms with Gasteiger partial charge in [0, 0.05) is 29.7 Å². The van der Waals surface area contributed by atoms with Gasteiger partial charge >= 0.3 is 0 Å². The van der Waals surface area contributed by atoms with Crippen molar-refractivity contribution in [1.82, 2.24) is 9.47 Å². The van der Waals surface area contributed by atoms with E-state index in [4.69, 9.17) is 23.2 Å². The van der Waals surface area contributed by atoms with Crippen LogP contribution in [0.4, 0.5) is 5.69 Å². The van der Waals surface area contributed by atoms with Gasteiger partial charge in [-0.25, -0.2) is 0 Å². The number of fused-ring (bicyclic) bond motifs is 1. The highest BCUT2D eigenvalue weighted by atomic mass is 35.5. The average Bonchev–Trinajstić information content (AvgIpc) is 3.31. The normalized spacial score (nSPS) is 15.0. The van der Waals surface area contributed by atoms with Crippen molar-refractivity contribution >= 4 is 45.7 Å². The molecule has 4 nitrogen and oxygen atoms in total. The molecule has 0 aliphatic carbocycles. The van der Waals surface area contributed by atoms with Crippen molar-refractivity contribution in [1.29, 1.82) is 0 Å². The number of piperidine rings is 1. The van der Waals surface area contributed by atoms with Gasteiger partial charge in [0.25, 0.3) is 0 Å². The van der Waals surface area contributed by atoms with E-state index in [1.165, 1.54) is 22.0 Å². The van der Waals surface area contributed by atoms with E-state index in [1.807, 2.05) is 44.2 Å². The number of anilines is 1. The lowest BCUT2D eigenvalue weighted by atomic mass is 9.89. The molecule has 1 aliphatic rings. The summed E-state index contributed by atoms with van der Waals surface area (Å²) < 4.78 is 2.16. The maximum Gasteiger partial charge on any atom is 0.226 e. The third-order valence-electron chi connectivity index (χ3n) is 7.12. The zero-order valence-corrected chi connectivity index (χ0v) is 22.2. The van der Waals surface area contributed by atoms with E-state index in [1.54, 1.807) is 0 Å². The van der Waals surface area contributed by atoms with Gasteiger partial charge in [-0.3, -0.25) is 9.69 Å². The minimum atomic E-state index is -0.0302. The topological polar surface area (TPSA) is 37.3 Å². The number of carbonyl (C=O) groups excluding carboxylic acids is 1. The van der Waals surface area contributed by atoms with Crippen molar-refractivity contribution in [3.63, 3.8) is 0 Å². The van der Waals surface area contributed by atoms with Crippen molar-refractivity contribution in [2.75, 3.05) is 18.4 Å². The van der Waals surface area contributed by atoms with Crippen LogP contribution in [-0.2, 0) is 11.3 Å². The molecule has 1 aromatic heterocycles. The van der Waals surface area contributed by atoms with Crippen LogP contribution in [0.15, 0.2) is 72.9 Å². The summed E-state index contributed by atoms with van der Waals surface area (Å²) in [6.45, 7) is 6.77. The minimum Gasteiger partial charge on any atom is -0.326 e. The molecule has 2 heterocycles. The summed E-state index contributed by atoms with van der Waals surface area (Å²) >= 11 is 12.9. The molecule has 0 saturated carbocycles. The molecule has 0 radical (unpaired) electrons. The Balaban J connectivity index is 1.31. The number of amides is 1. The fraction of sp³-hybridized carbons (Fsp3) is 0.300. The van der Waals surface area contributed by atoms with E-state index in [0.29, 0.717) is 16.0 Å². The molecule has 5 rings (SSSR count). The molecule has 186 valence electrons. The fourth-order valence-electron chi connectivity index (χ4n) is 5.10. The molecular weight excluding hydrogens is 489 g/mol. The molecule has 3 aromatic carbocycles. The zero-order chi connectivity index (χ0) is 25.2. The Morgan fingerprint density at radius 2 is 1.75 bits per heavy atom. The third-order valence-corrected chi connectivity index (χ3v) is 7.93. The minimum absolute atomic E-state index is 0.0302. The SMILES string of the molecule is CC(C)C(=O)Nc1cccc(C2CCN(Cc3cccc4ccn(-c5cccc(Cl)c5Cl)c34)CC2)c1. The molecule has 1 aliphatic heterocycles. The van der Waals surface area contributed by atoms with Gasteiger partial charge in [0.15, 0.2) is 0 Å². The highest BCUT2D eigenvalue weighted by molar-refractivity contribution is 6.43. The molecule has 0 spiro atoms. The standard InChI is InChI=1S/C30H31Cl2N3O/c1-20(2)30(36)33-25-9-4-7-23(18-25)21-12-15-34(16-13-21)19-24-8-3-6-22-14-17-35(29(22)24)27-11-5-10-26(31)28(27)32/h3-11,14,17-18,20-21H,12-13,15-16,19H2,1-2H3,(H,33,36). The molecule has 36 heavy (non-hydrogen) atoms. The van der Waals surface area contributed by atoms with E-state index in [0.717, 1.165) is 43.9 Å². The molecule has 1 amide bonds. The Bertz CT molecular complexity index is 1390. The van der Waals surface area contributed by atoms with E-state index in [-0.39, 0.29) is 11.8 Å². The van der Waals surface area contributed by atoms with E-state index in [9.17, 15) is 4.79 Å². The quantitative estimate of drug-likeness (QED) is 0.281. The first-order chi connectivity index (χ1) is 17.4. The Morgan fingerprint density at radius 3 is 2.53 bits per heavy atom. The molecule has 0 unspecified atom stereocenters.